The van der Waals surface area contributed by atoms with Crippen LogP contribution in [0.15, 0.2) is 41.3 Å². The van der Waals surface area contributed by atoms with E-state index in [2.05, 4.69) is 15.5 Å². The van der Waals surface area contributed by atoms with Gasteiger partial charge in [-0.25, -0.2) is 13.4 Å². The van der Waals surface area contributed by atoms with Gasteiger partial charge in [0.1, 0.15) is 5.56 Å². The molecule has 2 N–H and O–H groups in total. The van der Waals surface area contributed by atoms with Gasteiger partial charge in [0, 0.05) is 16.8 Å². The van der Waals surface area contributed by atoms with Crippen LogP contribution in [-0.2, 0) is 21.3 Å². The molecule has 1 aliphatic carbocycles. The van der Waals surface area contributed by atoms with Crippen LogP contribution in [0.1, 0.15) is 46.9 Å². The Balaban J connectivity index is 1.78. The van der Waals surface area contributed by atoms with Gasteiger partial charge in [-0.1, -0.05) is 19.1 Å². The third-order valence-electron chi connectivity index (χ3n) is 6.34. The fourth-order valence-corrected chi connectivity index (χ4v) is 4.64. The number of carbonyl (C=O) groups is 1. The molecular formula is C25H24F4N4O4S. The molecule has 1 saturated carbocycles. The monoisotopic (exact) mass is 552 g/mol. The van der Waals surface area contributed by atoms with Gasteiger partial charge in [-0.15, -0.1) is 10.2 Å². The number of rotatable bonds is 7. The highest BCUT2D eigenvalue weighted by Crippen LogP contribution is 2.51. The van der Waals surface area contributed by atoms with E-state index in [0.29, 0.717) is 5.56 Å². The highest BCUT2D eigenvalue weighted by Gasteiger charge is 2.42. The van der Waals surface area contributed by atoms with Gasteiger partial charge in [0.15, 0.2) is 23.0 Å². The van der Waals surface area contributed by atoms with Crippen LogP contribution in [0.4, 0.5) is 23.2 Å². The second-order valence-electron chi connectivity index (χ2n) is 9.30. The average Bonchev–Trinajstić information content (AvgIpc) is 3.56. The minimum Gasteiger partial charge on any atom is -0.490 e. The van der Waals surface area contributed by atoms with E-state index in [4.69, 9.17) is 14.3 Å². The number of amides is 1. The predicted molar refractivity (Wildman–Crippen MR) is 131 cm³/mol. The second kappa shape index (κ2) is 9.53. The summed E-state index contributed by atoms with van der Waals surface area (Å²) in [5.74, 6) is -2.82. The zero-order chi connectivity index (χ0) is 28.0. The predicted octanol–water partition coefficient (Wildman–Crippen LogP) is 6.08. The molecule has 1 fully saturated rings. The van der Waals surface area contributed by atoms with Crippen LogP contribution in [-0.4, -0.2) is 33.7 Å². The Morgan fingerprint density at radius 3 is 2.45 bits per heavy atom. The summed E-state index contributed by atoms with van der Waals surface area (Å²) in [6, 6.07) is 8.45. The van der Waals surface area contributed by atoms with Gasteiger partial charge >= 0.3 is 6.18 Å². The lowest BCUT2D eigenvalue weighted by Gasteiger charge is -2.19. The van der Waals surface area contributed by atoms with Gasteiger partial charge < -0.3 is 14.8 Å². The number of hydrogen-bond donors (Lipinski definition) is 2. The molecule has 13 heteroatoms. The lowest BCUT2D eigenvalue weighted by Crippen LogP contribution is -2.21. The number of halogens is 4. The largest absolute Gasteiger partial charge is 0.490 e. The van der Waals surface area contributed by atoms with Gasteiger partial charge in [-0.05, 0) is 60.6 Å². The van der Waals surface area contributed by atoms with Crippen molar-refractivity contribution in [1.82, 2.24) is 10.2 Å². The van der Waals surface area contributed by atoms with Gasteiger partial charge in [-0.3, -0.25) is 4.79 Å². The summed E-state index contributed by atoms with van der Waals surface area (Å²) in [5, 5.41) is 9.14. The molecule has 3 aromatic rings. The Labute approximate surface area is 216 Å². The molecule has 1 atom stereocenters. The van der Waals surface area contributed by atoms with Gasteiger partial charge in [-0.2, -0.15) is 13.2 Å². The summed E-state index contributed by atoms with van der Waals surface area (Å²) in [4.78, 5) is 13.4. The number of nitrogens with one attached hydrogen (secondary N) is 2. The first kappa shape index (κ1) is 27.3. The minimum absolute atomic E-state index is 0.0794. The molecule has 0 radical (unpaired) electrons. The number of anilines is 1. The van der Waals surface area contributed by atoms with Crippen LogP contribution in [0.3, 0.4) is 0 Å². The first-order valence-corrected chi connectivity index (χ1v) is 13.3. The molecule has 202 valence electrons. The third-order valence-corrected chi connectivity index (χ3v) is 7.50. The van der Waals surface area contributed by atoms with Gasteiger partial charge in [0.2, 0.25) is 0 Å². The van der Waals surface area contributed by atoms with Crippen molar-refractivity contribution in [2.24, 2.45) is 0 Å². The molecule has 0 aliphatic heterocycles. The fraction of sp³-hybridized carbons (Fsp3) is 0.320. The second-order valence-corrected chi connectivity index (χ2v) is 11.5. The van der Waals surface area contributed by atoms with E-state index in [0.717, 1.165) is 19.8 Å². The van der Waals surface area contributed by atoms with Crippen LogP contribution in [0, 0.1) is 17.5 Å². The van der Waals surface area contributed by atoms with Gasteiger partial charge in [0.05, 0.1) is 16.8 Å². The number of ether oxygens (including phenoxy) is 2. The molecule has 1 aromatic heterocycles. The van der Waals surface area contributed by atoms with Crippen molar-refractivity contribution in [1.29, 1.82) is 4.78 Å². The first-order valence-electron chi connectivity index (χ1n) is 11.3. The Morgan fingerprint density at radius 2 is 1.87 bits per heavy atom. The third kappa shape index (κ3) is 5.28. The molecule has 0 saturated heterocycles. The van der Waals surface area contributed by atoms with Crippen molar-refractivity contribution >= 4 is 21.3 Å². The lowest BCUT2D eigenvalue weighted by molar-refractivity contribution is -0.142. The van der Waals surface area contributed by atoms with Crippen molar-refractivity contribution < 1.29 is 36.0 Å². The number of aromatic nitrogens is 2. The Morgan fingerprint density at radius 1 is 1.18 bits per heavy atom. The first-order chi connectivity index (χ1) is 17.7. The lowest BCUT2D eigenvalue weighted by atomic mass is 9.97. The van der Waals surface area contributed by atoms with Crippen molar-refractivity contribution in [2.75, 3.05) is 18.7 Å². The average molecular weight is 553 g/mol. The maximum atomic E-state index is 15.2. The number of alkyl halides is 3. The molecule has 1 unspecified atom stereocenters. The summed E-state index contributed by atoms with van der Waals surface area (Å²) < 4.78 is 86.7. The van der Waals surface area contributed by atoms with E-state index in [9.17, 15) is 22.2 Å². The van der Waals surface area contributed by atoms with E-state index in [-0.39, 0.29) is 27.5 Å². The topological polar surface area (TPSA) is 114 Å². The Bertz CT molecular complexity index is 1540. The number of hydrogen-bond acceptors (Lipinski definition) is 7. The number of nitrogens with zero attached hydrogens (tertiary/aromatic N) is 2. The Kier molecular flexibility index (Phi) is 6.85. The highest BCUT2D eigenvalue weighted by molar-refractivity contribution is 7.91. The summed E-state index contributed by atoms with van der Waals surface area (Å²) in [6.07, 6.45) is -2.16. The molecule has 4 rings (SSSR count). The van der Waals surface area contributed by atoms with Crippen LogP contribution >= 0.6 is 0 Å². The highest BCUT2D eigenvalue weighted by atomic mass is 32.2. The molecule has 8 nitrogen and oxygen atoms in total. The number of benzene rings is 2. The SMILES string of the molecule is COc1c(Oc2nnc(C(F)(F)F)c(C)c2C(=O)Nc2cccc(S(C)(=N)=O)c2)ccc(C2(C)CC2)c1F. The summed E-state index contributed by atoms with van der Waals surface area (Å²) in [6.45, 7) is 2.93. The molecular weight excluding hydrogens is 528 g/mol. The number of carbonyl (C=O) groups excluding carboxylic acids is 1. The van der Waals surface area contributed by atoms with Crippen LogP contribution in [0.25, 0.3) is 0 Å². The van der Waals surface area contributed by atoms with E-state index in [1.807, 2.05) is 6.92 Å². The van der Waals surface area contributed by atoms with Crippen molar-refractivity contribution in [3.05, 3.63) is 64.6 Å². The van der Waals surface area contributed by atoms with E-state index < -0.39 is 50.3 Å². The van der Waals surface area contributed by atoms with E-state index >= 15 is 4.39 Å². The normalized spacial score (nSPS) is 15.9. The zero-order valence-electron chi connectivity index (χ0n) is 20.8. The maximum absolute atomic E-state index is 15.2. The van der Waals surface area contributed by atoms with Crippen molar-refractivity contribution in [2.45, 2.75) is 43.2 Å². The minimum atomic E-state index is -4.92. The summed E-state index contributed by atoms with van der Waals surface area (Å²) in [5.41, 5.74) is -2.42. The van der Waals surface area contributed by atoms with Gasteiger partial charge in [0.25, 0.3) is 11.8 Å². The quantitative estimate of drug-likeness (QED) is 0.343. The van der Waals surface area contributed by atoms with Crippen LogP contribution < -0.4 is 14.8 Å². The zero-order valence-corrected chi connectivity index (χ0v) is 21.6. The van der Waals surface area contributed by atoms with Crippen LogP contribution in [0.2, 0.25) is 0 Å². The molecule has 1 amide bonds. The molecule has 0 spiro atoms. The fourth-order valence-electron chi connectivity index (χ4n) is 3.95. The molecule has 0 bridgehead atoms. The van der Waals surface area contributed by atoms with E-state index in [1.165, 1.54) is 49.8 Å². The number of methoxy groups -OCH3 is 1. The molecule has 1 heterocycles. The molecule has 2 aromatic carbocycles. The smallest absolute Gasteiger partial charge is 0.435 e. The van der Waals surface area contributed by atoms with E-state index in [1.54, 1.807) is 0 Å². The molecule has 38 heavy (non-hydrogen) atoms. The van der Waals surface area contributed by atoms with Crippen molar-refractivity contribution in [3.8, 4) is 17.4 Å². The Hall–Kier alpha value is -3.74. The summed E-state index contributed by atoms with van der Waals surface area (Å²) in [7, 11) is -1.91. The molecule has 1 aliphatic rings. The van der Waals surface area contributed by atoms with Crippen LogP contribution in [0.5, 0.6) is 17.4 Å². The van der Waals surface area contributed by atoms with Crippen molar-refractivity contribution in [3.63, 3.8) is 0 Å². The standard InChI is InChI=1S/C25H24F4N4O4S/c1-13-18(22(34)31-14-6-5-7-15(12-14)38(4,30)35)23(33-32-21(13)25(27,28)29)37-17-9-8-16(24(2)10-11-24)19(26)20(17)36-3/h5-9,12,30H,10-11H2,1-4H3,(H,31,34). The summed E-state index contributed by atoms with van der Waals surface area (Å²) >= 11 is 0. The maximum Gasteiger partial charge on any atom is 0.435 e.